The molecule has 1 aliphatic rings. The van der Waals surface area contributed by atoms with Crippen LogP contribution in [0.4, 0.5) is 4.79 Å². The normalized spacial score (nSPS) is 17.9. The molecule has 56 valence electrons. The SMILES string of the molecule is CC(C)C1=CNC(=O)NC1. The van der Waals surface area contributed by atoms with Gasteiger partial charge in [0, 0.05) is 12.7 Å². The van der Waals surface area contributed by atoms with Crippen LogP contribution in [0.25, 0.3) is 0 Å². The van der Waals surface area contributed by atoms with Crippen molar-refractivity contribution in [1.29, 1.82) is 0 Å². The van der Waals surface area contributed by atoms with E-state index in [-0.39, 0.29) is 6.03 Å². The second-order valence-electron chi connectivity index (χ2n) is 2.70. The molecule has 3 heteroatoms. The zero-order valence-corrected chi connectivity index (χ0v) is 6.27. The largest absolute Gasteiger partial charge is 0.334 e. The van der Waals surface area contributed by atoms with Crippen LogP contribution in [0.3, 0.4) is 0 Å². The molecule has 1 rings (SSSR count). The Bertz CT molecular complexity index is 172. The Balaban J connectivity index is 2.56. The Hall–Kier alpha value is -0.990. The van der Waals surface area contributed by atoms with Crippen LogP contribution in [-0.4, -0.2) is 12.6 Å². The topological polar surface area (TPSA) is 41.1 Å². The third-order valence-corrected chi connectivity index (χ3v) is 1.58. The Morgan fingerprint density at radius 1 is 1.60 bits per heavy atom. The Morgan fingerprint density at radius 2 is 2.30 bits per heavy atom. The number of hydrogen-bond acceptors (Lipinski definition) is 1. The number of carbonyl (C=O) groups excluding carboxylic acids is 1. The molecule has 0 aromatic heterocycles. The summed E-state index contributed by atoms with van der Waals surface area (Å²) in [6, 6.07) is -0.107. The van der Waals surface area contributed by atoms with Gasteiger partial charge in [0.25, 0.3) is 0 Å². The van der Waals surface area contributed by atoms with Gasteiger partial charge >= 0.3 is 6.03 Å². The first-order valence-electron chi connectivity index (χ1n) is 3.43. The first-order valence-corrected chi connectivity index (χ1v) is 3.43. The van der Waals surface area contributed by atoms with E-state index in [1.54, 1.807) is 6.20 Å². The molecule has 10 heavy (non-hydrogen) atoms. The smallest absolute Gasteiger partial charge is 0.319 e. The summed E-state index contributed by atoms with van der Waals surface area (Å²) in [5.74, 6) is 0.507. The number of carbonyl (C=O) groups is 1. The van der Waals surface area contributed by atoms with Crippen molar-refractivity contribution >= 4 is 6.03 Å². The molecule has 0 fully saturated rings. The van der Waals surface area contributed by atoms with Crippen molar-refractivity contribution in [2.75, 3.05) is 6.54 Å². The third kappa shape index (κ3) is 1.50. The van der Waals surface area contributed by atoms with Gasteiger partial charge in [-0.3, -0.25) is 0 Å². The molecule has 2 N–H and O–H groups in total. The molecule has 0 radical (unpaired) electrons. The molecule has 0 aromatic rings. The molecule has 2 amide bonds. The van der Waals surface area contributed by atoms with Crippen LogP contribution in [0.1, 0.15) is 13.8 Å². The van der Waals surface area contributed by atoms with Gasteiger partial charge in [0.2, 0.25) is 0 Å². The molecular formula is C7H12N2O. The van der Waals surface area contributed by atoms with E-state index < -0.39 is 0 Å². The van der Waals surface area contributed by atoms with Gasteiger partial charge in [-0.25, -0.2) is 4.79 Å². The molecule has 0 unspecified atom stereocenters. The summed E-state index contributed by atoms with van der Waals surface area (Å²) in [5, 5.41) is 5.30. The predicted octanol–water partition coefficient (Wildman–Crippen LogP) is 0.839. The molecule has 0 atom stereocenters. The highest BCUT2D eigenvalue weighted by molar-refractivity contribution is 5.76. The Kier molecular flexibility index (Phi) is 1.94. The highest BCUT2D eigenvalue weighted by Gasteiger charge is 2.09. The van der Waals surface area contributed by atoms with Crippen molar-refractivity contribution in [2.45, 2.75) is 13.8 Å². The Morgan fingerprint density at radius 3 is 2.70 bits per heavy atom. The average molecular weight is 140 g/mol. The fourth-order valence-corrected chi connectivity index (χ4v) is 0.813. The molecule has 1 aliphatic heterocycles. The second kappa shape index (κ2) is 2.73. The molecule has 3 nitrogen and oxygen atoms in total. The monoisotopic (exact) mass is 140 g/mol. The quantitative estimate of drug-likeness (QED) is 0.556. The van der Waals surface area contributed by atoms with Crippen LogP contribution in [0.5, 0.6) is 0 Å². The van der Waals surface area contributed by atoms with Gasteiger partial charge < -0.3 is 10.6 Å². The second-order valence-corrected chi connectivity index (χ2v) is 2.70. The molecule has 0 saturated heterocycles. The zero-order chi connectivity index (χ0) is 7.56. The van der Waals surface area contributed by atoms with Crippen LogP contribution in [0.2, 0.25) is 0 Å². The van der Waals surface area contributed by atoms with Crippen molar-refractivity contribution in [3.8, 4) is 0 Å². The van der Waals surface area contributed by atoms with E-state index in [1.807, 2.05) is 0 Å². The van der Waals surface area contributed by atoms with E-state index >= 15 is 0 Å². The third-order valence-electron chi connectivity index (χ3n) is 1.58. The highest BCUT2D eigenvalue weighted by atomic mass is 16.2. The number of nitrogens with one attached hydrogen (secondary N) is 2. The van der Waals surface area contributed by atoms with Gasteiger partial charge in [0.1, 0.15) is 0 Å². The number of hydrogen-bond donors (Lipinski definition) is 2. The van der Waals surface area contributed by atoms with Crippen LogP contribution < -0.4 is 10.6 Å². The molecule has 0 bridgehead atoms. The zero-order valence-electron chi connectivity index (χ0n) is 6.27. The standard InChI is InChI=1S/C7H12N2O/c1-5(2)6-3-8-7(10)9-4-6/h3,5H,4H2,1-2H3,(H2,8,9,10). The van der Waals surface area contributed by atoms with Crippen LogP contribution >= 0.6 is 0 Å². The molecule has 0 saturated carbocycles. The Labute approximate surface area is 60.5 Å². The maximum absolute atomic E-state index is 10.6. The van der Waals surface area contributed by atoms with Crippen molar-refractivity contribution in [1.82, 2.24) is 10.6 Å². The maximum atomic E-state index is 10.6. The van der Waals surface area contributed by atoms with E-state index in [4.69, 9.17) is 0 Å². The summed E-state index contributed by atoms with van der Waals surface area (Å²) in [6.07, 6.45) is 1.78. The van der Waals surface area contributed by atoms with Gasteiger partial charge in [0.15, 0.2) is 0 Å². The average Bonchev–Trinajstić information content (AvgIpc) is 1.88. The van der Waals surface area contributed by atoms with Crippen LogP contribution in [0, 0.1) is 5.92 Å². The molecule has 1 heterocycles. The minimum atomic E-state index is -0.107. The first-order chi connectivity index (χ1) is 4.70. The summed E-state index contributed by atoms with van der Waals surface area (Å²) in [4.78, 5) is 10.6. The van der Waals surface area contributed by atoms with E-state index in [0.29, 0.717) is 12.5 Å². The highest BCUT2D eigenvalue weighted by Crippen LogP contribution is 2.08. The lowest BCUT2D eigenvalue weighted by atomic mass is 10.0. The van der Waals surface area contributed by atoms with E-state index in [1.165, 1.54) is 5.57 Å². The maximum Gasteiger partial charge on any atom is 0.319 e. The number of urea groups is 1. The lowest BCUT2D eigenvalue weighted by molar-refractivity contribution is 0.243. The lowest BCUT2D eigenvalue weighted by Crippen LogP contribution is -2.39. The summed E-state index contributed by atoms with van der Waals surface area (Å²) in [7, 11) is 0. The van der Waals surface area contributed by atoms with Gasteiger partial charge in [0.05, 0.1) is 0 Å². The van der Waals surface area contributed by atoms with Crippen molar-refractivity contribution in [3.05, 3.63) is 11.8 Å². The molecule has 0 spiro atoms. The molecule has 0 aromatic carbocycles. The molecule has 0 aliphatic carbocycles. The fraction of sp³-hybridized carbons (Fsp3) is 0.571. The number of amides is 2. The van der Waals surface area contributed by atoms with Gasteiger partial charge in [-0.2, -0.15) is 0 Å². The summed E-state index contributed by atoms with van der Waals surface area (Å²) in [6.45, 7) is 4.89. The van der Waals surface area contributed by atoms with Gasteiger partial charge in [-0.1, -0.05) is 13.8 Å². The minimum Gasteiger partial charge on any atom is -0.334 e. The summed E-state index contributed by atoms with van der Waals surface area (Å²) >= 11 is 0. The fourth-order valence-electron chi connectivity index (χ4n) is 0.813. The first kappa shape index (κ1) is 7.12. The van der Waals surface area contributed by atoms with E-state index in [2.05, 4.69) is 24.5 Å². The van der Waals surface area contributed by atoms with E-state index in [9.17, 15) is 4.79 Å². The summed E-state index contributed by atoms with van der Waals surface area (Å²) in [5.41, 5.74) is 1.24. The minimum absolute atomic E-state index is 0.107. The predicted molar refractivity (Wildman–Crippen MR) is 39.5 cm³/mol. The van der Waals surface area contributed by atoms with E-state index in [0.717, 1.165) is 0 Å². The number of rotatable bonds is 1. The van der Waals surface area contributed by atoms with Crippen molar-refractivity contribution in [2.24, 2.45) is 5.92 Å². The van der Waals surface area contributed by atoms with Crippen LogP contribution in [0.15, 0.2) is 11.8 Å². The van der Waals surface area contributed by atoms with Crippen molar-refractivity contribution < 1.29 is 4.79 Å². The van der Waals surface area contributed by atoms with Crippen molar-refractivity contribution in [3.63, 3.8) is 0 Å². The lowest BCUT2D eigenvalue weighted by Gasteiger charge is -2.17. The van der Waals surface area contributed by atoms with Crippen LogP contribution in [-0.2, 0) is 0 Å². The molecular weight excluding hydrogens is 128 g/mol. The van der Waals surface area contributed by atoms with Gasteiger partial charge in [-0.15, -0.1) is 0 Å². The summed E-state index contributed by atoms with van der Waals surface area (Å²) < 4.78 is 0. The van der Waals surface area contributed by atoms with Gasteiger partial charge in [-0.05, 0) is 11.5 Å².